The number of hydrogen-bond donors (Lipinski definition) is 2. The molecule has 17 heavy (non-hydrogen) atoms. The monoisotopic (exact) mass is 239 g/mol. The van der Waals surface area contributed by atoms with Crippen LogP contribution in [0.3, 0.4) is 0 Å². The van der Waals surface area contributed by atoms with Gasteiger partial charge in [-0.15, -0.1) is 0 Å². The van der Waals surface area contributed by atoms with E-state index in [-0.39, 0.29) is 24.4 Å². The Bertz CT molecular complexity index is 299. The maximum absolute atomic E-state index is 12.3. The minimum absolute atomic E-state index is 0.0329. The first-order valence-corrected chi connectivity index (χ1v) is 6.35. The first-order chi connectivity index (χ1) is 8.06. The van der Waals surface area contributed by atoms with Gasteiger partial charge in [0.1, 0.15) is 6.04 Å². The van der Waals surface area contributed by atoms with Crippen molar-refractivity contribution in [2.45, 2.75) is 26.3 Å². The van der Waals surface area contributed by atoms with E-state index in [0.29, 0.717) is 18.4 Å². The predicted molar refractivity (Wildman–Crippen MR) is 64.3 cm³/mol. The number of hydrogen-bond acceptors (Lipinski definition) is 3. The zero-order valence-electron chi connectivity index (χ0n) is 10.5. The molecule has 0 aromatic carbocycles. The number of piperidine rings is 1. The zero-order valence-corrected chi connectivity index (χ0v) is 10.5. The molecule has 3 unspecified atom stereocenters. The molecule has 0 aliphatic carbocycles. The number of likely N-dealkylation sites (tertiary alicyclic amines) is 1. The van der Waals surface area contributed by atoms with Crippen LogP contribution in [-0.4, -0.2) is 48.9 Å². The second kappa shape index (κ2) is 5.04. The maximum Gasteiger partial charge on any atom is 0.241 e. The summed E-state index contributed by atoms with van der Waals surface area (Å²) >= 11 is 0. The Labute approximate surface area is 102 Å². The van der Waals surface area contributed by atoms with Crippen molar-refractivity contribution in [1.82, 2.24) is 15.5 Å². The molecule has 2 aliphatic rings. The smallest absolute Gasteiger partial charge is 0.241 e. The third-order valence-corrected chi connectivity index (χ3v) is 3.49. The SMILES string of the molecule is CC1CC(C)CN(C(=O)C2CNC(=O)CN2)C1. The molecule has 2 rings (SSSR count). The number of nitrogens with zero attached hydrogens (tertiary/aromatic N) is 1. The van der Waals surface area contributed by atoms with Gasteiger partial charge < -0.3 is 10.2 Å². The maximum atomic E-state index is 12.3. The van der Waals surface area contributed by atoms with Gasteiger partial charge >= 0.3 is 0 Å². The molecule has 5 heteroatoms. The summed E-state index contributed by atoms with van der Waals surface area (Å²) in [5.41, 5.74) is 0. The van der Waals surface area contributed by atoms with Gasteiger partial charge in [0.2, 0.25) is 11.8 Å². The van der Waals surface area contributed by atoms with Crippen molar-refractivity contribution >= 4 is 11.8 Å². The van der Waals surface area contributed by atoms with Crippen LogP contribution in [0.1, 0.15) is 20.3 Å². The fraction of sp³-hybridized carbons (Fsp3) is 0.833. The number of nitrogens with one attached hydrogen (secondary N) is 2. The number of carbonyl (C=O) groups is 2. The summed E-state index contributed by atoms with van der Waals surface area (Å²) in [6, 6.07) is -0.245. The summed E-state index contributed by atoms with van der Waals surface area (Å²) in [6.07, 6.45) is 1.19. The summed E-state index contributed by atoms with van der Waals surface area (Å²) in [5.74, 6) is 1.24. The van der Waals surface area contributed by atoms with E-state index >= 15 is 0 Å². The van der Waals surface area contributed by atoms with Crippen molar-refractivity contribution in [3.63, 3.8) is 0 Å². The van der Waals surface area contributed by atoms with Crippen LogP contribution in [0, 0.1) is 11.8 Å². The molecule has 0 saturated carbocycles. The van der Waals surface area contributed by atoms with Gasteiger partial charge in [0.25, 0.3) is 0 Å². The fourth-order valence-corrected chi connectivity index (χ4v) is 2.80. The van der Waals surface area contributed by atoms with E-state index < -0.39 is 0 Å². The van der Waals surface area contributed by atoms with Crippen LogP contribution >= 0.6 is 0 Å². The summed E-state index contributed by atoms with van der Waals surface area (Å²) in [5, 5.41) is 5.72. The Morgan fingerprint density at radius 3 is 2.47 bits per heavy atom. The Morgan fingerprint density at radius 2 is 1.94 bits per heavy atom. The molecule has 2 heterocycles. The molecule has 0 aromatic heterocycles. The zero-order chi connectivity index (χ0) is 12.4. The molecular formula is C12H21N3O2. The molecule has 2 saturated heterocycles. The molecule has 2 amide bonds. The lowest BCUT2D eigenvalue weighted by atomic mass is 9.91. The number of rotatable bonds is 1. The largest absolute Gasteiger partial charge is 0.353 e. The molecule has 0 aromatic rings. The van der Waals surface area contributed by atoms with Crippen molar-refractivity contribution in [3.05, 3.63) is 0 Å². The molecule has 0 radical (unpaired) electrons. The highest BCUT2D eigenvalue weighted by Crippen LogP contribution is 2.21. The average molecular weight is 239 g/mol. The van der Waals surface area contributed by atoms with Crippen LogP contribution in [0.5, 0.6) is 0 Å². The second-order valence-corrected chi connectivity index (χ2v) is 5.43. The Morgan fingerprint density at radius 1 is 1.29 bits per heavy atom. The highest BCUT2D eigenvalue weighted by Gasteiger charge is 2.31. The topological polar surface area (TPSA) is 61.4 Å². The predicted octanol–water partition coefficient (Wildman–Crippen LogP) is -0.421. The van der Waals surface area contributed by atoms with E-state index in [1.807, 2.05) is 4.90 Å². The molecule has 2 aliphatic heterocycles. The normalized spacial score (nSPS) is 34.4. The highest BCUT2D eigenvalue weighted by molar-refractivity contribution is 5.86. The van der Waals surface area contributed by atoms with Gasteiger partial charge in [-0.05, 0) is 18.3 Å². The van der Waals surface area contributed by atoms with Crippen molar-refractivity contribution in [2.24, 2.45) is 11.8 Å². The lowest BCUT2D eigenvalue weighted by molar-refractivity contribution is -0.137. The lowest BCUT2D eigenvalue weighted by Gasteiger charge is -2.37. The fourth-order valence-electron chi connectivity index (χ4n) is 2.80. The van der Waals surface area contributed by atoms with E-state index in [4.69, 9.17) is 0 Å². The van der Waals surface area contributed by atoms with Gasteiger partial charge in [-0.25, -0.2) is 0 Å². The van der Waals surface area contributed by atoms with Crippen LogP contribution in [0.2, 0.25) is 0 Å². The minimum Gasteiger partial charge on any atom is -0.353 e. The quantitative estimate of drug-likeness (QED) is 0.653. The number of piperazine rings is 1. The van der Waals surface area contributed by atoms with Gasteiger partial charge in [0.05, 0.1) is 6.54 Å². The first-order valence-electron chi connectivity index (χ1n) is 6.35. The van der Waals surface area contributed by atoms with Crippen molar-refractivity contribution in [3.8, 4) is 0 Å². The number of carbonyl (C=O) groups excluding carboxylic acids is 2. The van der Waals surface area contributed by atoms with Crippen molar-refractivity contribution in [1.29, 1.82) is 0 Å². The second-order valence-electron chi connectivity index (χ2n) is 5.43. The van der Waals surface area contributed by atoms with E-state index in [2.05, 4.69) is 24.5 Å². The standard InChI is InChI=1S/C12H21N3O2/c1-8-3-9(2)7-15(6-8)12(17)10-4-14-11(16)5-13-10/h8-10,13H,3-7H2,1-2H3,(H,14,16). The van der Waals surface area contributed by atoms with Crippen molar-refractivity contribution < 1.29 is 9.59 Å². The summed E-state index contributed by atoms with van der Waals surface area (Å²) in [4.78, 5) is 25.2. The van der Waals surface area contributed by atoms with Crippen LogP contribution < -0.4 is 10.6 Å². The summed E-state index contributed by atoms with van der Waals surface area (Å²) in [6.45, 7) is 6.72. The highest BCUT2D eigenvalue weighted by atomic mass is 16.2. The van der Waals surface area contributed by atoms with Gasteiger partial charge in [0, 0.05) is 19.6 Å². The molecule has 0 bridgehead atoms. The van der Waals surface area contributed by atoms with E-state index in [9.17, 15) is 9.59 Å². The van der Waals surface area contributed by atoms with Crippen molar-refractivity contribution in [2.75, 3.05) is 26.2 Å². The Hall–Kier alpha value is -1.10. The molecular weight excluding hydrogens is 218 g/mol. The van der Waals surface area contributed by atoms with Gasteiger partial charge in [-0.3, -0.25) is 14.9 Å². The van der Waals surface area contributed by atoms with Gasteiger partial charge in [-0.1, -0.05) is 13.8 Å². The van der Waals surface area contributed by atoms with Crippen LogP contribution in [-0.2, 0) is 9.59 Å². The summed E-state index contributed by atoms with van der Waals surface area (Å²) < 4.78 is 0. The van der Waals surface area contributed by atoms with E-state index in [1.165, 1.54) is 6.42 Å². The first kappa shape index (κ1) is 12.4. The molecule has 0 spiro atoms. The average Bonchev–Trinajstić information content (AvgIpc) is 2.28. The van der Waals surface area contributed by atoms with E-state index in [1.54, 1.807) is 0 Å². The van der Waals surface area contributed by atoms with E-state index in [0.717, 1.165) is 13.1 Å². The Kier molecular flexibility index (Phi) is 3.66. The minimum atomic E-state index is -0.245. The van der Waals surface area contributed by atoms with Crippen LogP contribution in [0.25, 0.3) is 0 Å². The van der Waals surface area contributed by atoms with Gasteiger partial charge in [0.15, 0.2) is 0 Å². The third kappa shape index (κ3) is 2.97. The molecule has 5 nitrogen and oxygen atoms in total. The molecule has 3 atom stereocenters. The van der Waals surface area contributed by atoms with Crippen LogP contribution in [0.15, 0.2) is 0 Å². The molecule has 96 valence electrons. The Balaban J connectivity index is 1.92. The van der Waals surface area contributed by atoms with Crippen LogP contribution in [0.4, 0.5) is 0 Å². The molecule has 2 fully saturated rings. The third-order valence-electron chi connectivity index (χ3n) is 3.49. The van der Waals surface area contributed by atoms with Gasteiger partial charge in [-0.2, -0.15) is 0 Å². The lowest BCUT2D eigenvalue weighted by Crippen LogP contribution is -2.60. The molecule has 2 N–H and O–H groups in total. The summed E-state index contributed by atoms with van der Waals surface area (Å²) in [7, 11) is 0. The number of amides is 2.